The molecule has 0 N–H and O–H groups in total. The summed E-state index contributed by atoms with van der Waals surface area (Å²) in [7, 11) is 0. The summed E-state index contributed by atoms with van der Waals surface area (Å²) in [5.41, 5.74) is 1.39. The van der Waals surface area contributed by atoms with Gasteiger partial charge in [-0.25, -0.2) is 4.79 Å². The molecule has 0 saturated carbocycles. The zero-order valence-electron chi connectivity index (χ0n) is 13.3. The molecule has 4 nitrogen and oxygen atoms in total. The fourth-order valence-corrected chi connectivity index (χ4v) is 3.86. The van der Waals surface area contributed by atoms with Crippen LogP contribution in [0, 0.1) is 0 Å². The number of hydrogen-bond donors (Lipinski definition) is 0. The molecule has 25 heavy (non-hydrogen) atoms. The molecule has 0 aliphatic carbocycles. The second kappa shape index (κ2) is 5.90. The molecule has 2 aromatic carbocycles. The van der Waals surface area contributed by atoms with Gasteiger partial charge in [-0.2, -0.15) is 0 Å². The van der Waals surface area contributed by atoms with Crippen molar-refractivity contribution in [3.05, 3.63) is 74.1 Å². The molecule has 1 atom stereocenters. The Morgan fingerprint density at radius 3 is 2.76 bits per heavy atom. The first-order chi connectivity index (χ1) is 12.0. The van der Waals surface area contributed by atoms with E-state index in [2.05, 4.69) is 0 Å². The average molecular weight is 374 g/mol. The first kappa shape index (κ1) is 16.2. The number of para-hydroxylation sites is 1. The lowest BCUT2D eigenvalue weighted by atomic mass is 10.1. The summed E-state index contributed by atoms with van der Waals surface area (Å²) in [4.78, 5) is 27.1. The predicted molar refractivity (Wildman–Crippen MR) is 98.9 cm³/mol. The molecule has 0 unspecified atom stereocenters. The lowest BCUT2D eigenvalue weighted by Gasteiger charge is -2.22. The SMILES string of the molecule is C[C@H]1Cc2ccccc2N1C(=O)c1cc2cc(Cl)cc(Cl)c2oc1=O. The van der Waals surface area contributed by atoms with Crippen LogP contribution in [0.4, 0.5) is 5.69 Å². The summed E-state index contributed by atoms with van der Waals surface area (Å²) in [5.74, 6) is -0.385. The number of nitrogens with zero attached hydrogens (tertiary/aromatic N) is 1. The normalized spacial score (nSPS) is 16.3. The van der Waals surface area contributed by atoms with Gasteiger partial charge in [0.25, 0.3) is 5.91 Å². The van der Waals surface area contributed by atoms with Crippen LogP contribution in [0.15, 0.2) is 51.7 Å². The van der Waals surface area contributed by atoms with Crippen molar-refractivity contribution in [1.82, 2.24) is 0 Å². The van der Waals surface area contributed by atoms with Crippen LogP contribution in [0.5, 0.6) is 0 Å². The predicted octanol–water partition coefficient (Wildman–Crippen LogP) is 4.69. The third-order valence-corrected chi connectivity index (χ3v) is 4.91. The van der Waals surface area contributed by atoms with Gasteiger partial charge in [0, 0.05) is 22.1 Å². The van der Waals surface area contributed by atoms with E-state index in [1.54, 1.807) is 11.0 Å². The molecule has 0 saturated heterocycles. The highest BCUT2D eigenvalue weighted by Crippen LogP contribution is 2.33. The molecule has 0 radical (unpaired) electrons. The highest BCUT2D eigenvalue weighted by atomic mass is 35.5. The summed E-state index contributed by atoms with van der Waals surface area (Å²) >= 11 is 12.1. The third-order valence-electron chi connectivity index (χ3n) is 4.41. The first-order valence-electron chi connectivity index (χ1n) is 7.80. The van der Waals surface area contributed by atoms with Gasteiger partial charge in [0.2, 0.25) is 0 Å². The van der Waals surface area contributed by atoms with Gasteiger partial charge in [-0.1, -0.05) is 41.4 Å². The largest absolute Gasteiger partial charge is 0.421 e. The maximum absolute atomic E-state index is 13.1. The van der Waals surface area contributed by atoms with Crippen LogP contribution in [0.2, 0.25) is 10.0 Å². The fraction of sp³-hybridized carbons (Fsp3) is 0.158. The number of benzene rings is 2. The van der Waals surface area contributed by atoms with E-state index in [1.807, 2.05) is 31.2 Å². The van der Waals surface area contributed by atoms with E-state index in [-0.39, 0.29) is 28.1 Å². The number of amides is 1. The van der Waals surface area contributed by atoms with Gasteiger partial charge < -0.3 is 9.32 Å². The first-order valence-corrected chi connectivity index (χ1v) is 8.55. The molecule has 1 aliphatic rings. The summed E-state index contributed by atoms with van der Waals surface area (Å²) in [5, 5.41) is 1.16. The molecule has 0 spiro atoms. The monoisotopic (exact) mass is 373 g/mol. The average Bonchev–Trinajstić information content (AvgIpc) is 2.90. The lowest BCUT2D eigenvalue weighted by molar-refractivity contribution is 0.0978. The quantitative estimate of drug-likeness (QED) is 0.581. The molecule has 0 fully saturated rings. The maximum Gasteiger partial charge on any atom is 0.349 e. The van der Waals surface area contributed by atoms with E-state index in [0.717, 1.165) is 17.7 Å². The van der Waals surface area contributed by atoms with E-state index >= 15 is 0 Å². The Morgan fingerprint density at radius 1 is 1.20 bits per heavy atom. The van der Waals surface area contributed by atoms with Crippen molar-refractivity contribution in [2.24, 2.45) is 0 Å². The molecule has 1 amide bonds. The highest BCUT2D eigenvalue weighted by molar-refractivity contribution is 6.38. The molecule has 2 heterocycles. The van der Waals surface area contributed by atoms with Gasteiger partial charge in [-0.05, 0) is 43.2 Å². The van der Waals surface area contributed by atoms with Crippen molar-refractivity contribution in [3.8, 4) is 0 Å². The van der Waals surface area contributed by atoms with Crippen LogP contribution in [0.1, 0.15) is 22.8 Å². The number of carbonyl (C=O) groups excluding carboxylic acids is 1. The second-order valence-corrected chi connectivity index (χ2v) is 6.95. The zero-order valence-corrected chi connectivity index (χ0v) is 14.8. The summed E-state index contributed by atoms with van der Waals surface area (Å²) in [6.07, 6.45) is 0.748. The third kappa shape index (κ3) is 2.62. The van der Waals surface area contributed by atoms with Crippen molar-refractivity contribution in [2.45, 2.75) is 19.4 Å². The van der Waals surface area contributed by atoms with Crippen LogP contribution in [0.3, 0.4) is 0 Å². The molecular formula is C19H13Cl2NO3. The smallest absolute Gasteiger partial charge is 0.349 e. The van der Waals surface area contributed by atoms with E-state index in [4.69, 9.17) is 27.6 Å². The number of anilines is 1. The number of halogens is 2. The molecule has 3 aromatic rings. The van der Waals surface area contributed by atoms with Gasteiger partial charge in [0.1, 0.15) is 5.56 Å². The van der Waals surface area contributed by atoms with Gasteiger partial charge >= 0.3 is 5.63 Å². The molecular weight excluding hydrogens is 361 g/mol. The summed E-state index contributed by atoms with van der Waals surface area (Å²) in [6, 6.07) is 12.2. The Bertz CT molecular complexity index is 1070. The Kier molecular flexibility index (Phi) is 3.82. The maximum atomic E-state index is 13.1. The van der Waals surface area contributed by atoms with Gasteiger partial charge in [-0.15, -0.1) is 0 Å². The summed E-state index contributed by atoms with van der Waals surface area (Å²) < 4.78 is 5.29. The van der Waals surface area contributed by atoms with Crippen LogP contribution in [-0.4, -0.2) is 11.9 Å². The molecule has 6 heteroatoms. The standard InChI is InChI=1S/C19H13Cl2NO3/c1-10-6-11-4-2-3-5-16(11)22(10)18(23)14-8-12-7-13(20)9-15(21)17(12)25-19(14)24/h2-5,7-10H,6H2,1H3/t10-/m0/s1. The van der Waals surface area contributed by atoms with Crippen LogP contribution >= 0.6 is 23.2 Å². The Morgan fingerprint density at radius 2 is 1.96 bits per heavy atom. The van der Waals surface area contributed by atoms with Gasteiger partial charge in [-0.3, -0.25) is 4.79 Å². The Hall–Kier alpha value is -2.30. The van der Waals surface area contributed by atoms with Crippen molar-refractivity contribution in [3.63, 3.8) is 0 Å². The Balaban J connectivity index is 1.86. The van der Waals surface area contributed by atoms with E-state index in [9.17, 15) is 9.59 Å². The number of rotatable bonds is 1. The van der Waals surface area contributed by atoms with Crippen molar-refractivity contribution >= 4 is 45.8 Å². The Labute approximate surface area is 153 Å². The van der Waals surface area contributed by atoms with Gasteiger partial charge in [0.05, 0.1) is 5.02 Å². The van der Waals surface area contributed by atoms with E-state index in [1.165, 1.54) is 12.1 Å². The minimum atomic E-state index is -0.710. The number of hydrogen-bond acceptors (Lipinski definition) is 3. The highest BCUT2D eigenvalue weighted by Gasteiger charge is 2.33. The van der Waals surface area contributed by atoms with E-state index in [0.29, 0.717) is 10.4 Å². The molecule has 1 aromatic heterocycles. The number of carbonyl (C=O) groups is 1. The van der Waals surface area contributed by atoms with Crippen LogP contribution in [0.25, 0.3) is 11.0 Å². The summed E-state index contributed by atoms with van der Waals surface area (Å²) in [6.45, 7) is 1.95. The molecule has 1 aliphatic heterocycles. The van der Waals surface area contributed by atoms with Gasteiger partial charge in [0.15, 0.2) is 5.58 Å². The van der Waals surface area contributed by atoms with E-state index < -0.39 is 5.63 Å². The minimum absolute atomic E-state index is 0.0330. The van der Waals surface area contributed by atoms with Crippen LogP contribution < -0.4 is 10.5 Å². The zero-order chi connectivity index (χ0) is 17.7. The van der Waals surface area contributed by atoms with Crippen molar-refractivity contribution in [2.75, 3.05) is 4.90 Å². The molecule has 0 bridgehead atoms. The fourth-order valence-electron chi connectivity index (χ4n) is 3.31. The van der Waals surface area contributed by atoms with Crippen molar-refractivity contribution in [1.29, 1.82) is 0 Å². The second-order valence-electron chi connectivity index (χ2n) is 6.11. The molecule has 126 valence electrons. The minimum Gasteiger partial charge on any atom is -0.421 e. The lowest BCUT2D eigenvalue weighted by Crippen LogP contribution is -2.38. The topological polar surface area (TPSA) is 50.5 Å². The molecule has 4 rings (SSSR count). The van der Waals surface area contributed by atoms with Crippen LogP contribution in [-0.2, 0) is 6.42 Å². The number of fused-ring (bicyclic) bond motifs is 2. The van der Waals surface area contributed by atoms with Crippen molar-refractivity contribution < 1.29 is 9.21 Å².